The second-order valence-corrected chi connectivity index (χ2v) is 11.1. The summed E-state index contributed by atoms with van der Waals surface area (Å²) in [5.41, 5.74) is 0.893. The Morgan fingerprint density at radius 1 is 1.15 bits per heavy atom. The highest BCUT2D eigenvalue weighted by Crippen LogP contribution is 2.34. The highest BCUT2D eigenvalue weighted by Gasteiger charge is 2.32. The Kier molecular flexibility index (Phi) is 7.71. The van der Waals surface area contributed by atoms with E-state index in [9.17, 15) is 27.2 Å². The van der Waals surface area contributed by atoms with Crippen molar-refractivity contribution in [2.75, 3.05) is 10.2 Å². The molecule has 2 N–H and O–H groups in total. The molecule has 0 aromatic heterocycles. The maximum atomic E-state index is 13.6. The summed E-state index contributed by atoms with van der Waals surface area (Å²) in [7, 11) is -4.28. The van der Waals surface area contributed by atoms with Crippen molar-refractivity contribution in [2.45, 2.75) is 13.3 Å². The van der Waals surface area contributed by atoms with Crippen LogP contribution in [0.15, 0.2) is 62.7 Å². The number of benzene rings is 2. The van der Waals surface area contributed by atoms with E-state index in [4.69, 9.17) is 23.2 Å². The first-order chi connectivity index (χ1) is 15.9. The van der Waals surface area contributed by atoms with Gasteiger partial charge in [0.25, 0.3) is 15.9 Å². The fourth-order valence-electron chi connectivity index (χ4n) is 2.89. The van der Waals surface area contributed by atoms with Crippen LogP contribution in [0.5, 0.6) is 0 Å². The minimum absolute atomic E-state index is 0.0137. The van der Waals surface area contributed by atoms with Crippen molar-refractivity contribution in [3.63, 3.8) is 0 Å². The summed E-state index contributed by atoms with van der Waals surface area (Å²) in [6, 6.07) is 8.06. The van der Waals surface area contributed by atoms with Crippen LogP contribution in [0.4, 0.5) is 20.6 Å². The Balaban J connectivity index is 1.70. The third-order valence-corrected chi connectivity index (χ3v) is 8.07. The summed E-state index contributed by atoms with van der Waals surface area (Å²) in [6.07, 6.45) is -0.0774. The maximum Gasteiger partial charge on any atom is 0.333 e. The van der Waals surface area contributed by atoms with Crippen LogP contribution >= 0.6 is 35.0 Å². The molecule has 2 aromatic carbocycles. The van der Waals surface area contributed by atoms with E-state index in [0.717, 1.165) is 11.0 Å². The molecule has 1 aliphatic rings. The number of rotatable bonds is 6. The van der Waals surface area contributed by atoms with Crippen LogP contribution in [0.1, 0.15) is 22.8 Å². The molecule has 34 heavy (non-hydrogen) atoms. The molecule has 13 heteroatoms. The number of anilines is 2. The van der Waals surface area contributed by atoms with E-state index in [1.165, 1.54) is 43.3 Å². The molecule has 0 saturated heterocycles. The quantitative estimate of drug-likeness (QED) is 0.502. The van der Waals surface area contributed by atoms with Crippen molar-refractivity contribution in [1.29, 1.82) is 0 Å². The van der Waals surface area contributed by atoms with Gasteiger partial charge >= 0.3 is 6.03 Å². The van der Waals surface area contributed by atoms with Gasteiger partial charge in [-0.3, -0.25) is 9.59 Å². The number of hydrogen-bond acceptors (Lipinski definition) is 6. The number of sulfonamides is 1. The fraction of sp³-hybridized carbons (Fsp3) is 0.0952. The van der Waals surface area contributed by atoms with E-state index in [0.29, 0.717) is 17.3 Å². The summed E-state index contributed by atoms with van der Waals surface area (Å²) in [4.78, 5) is 38.3. The number of amides is 4. The van der Waals surface area contributed by atoms with Crippen LogP contribution in [-0.2, 0) is 21.2 Å². The molecule has 4 amide bonds. The van der Waals surface area contributed by atoms with E-state index in [-0.39, 0.29) is 32.8 Å². The van der Waals surface area contributed by atoms with E-state index >= 15 is 0 Å². The van der Waals surface area contributed by atoms with Gasteiger partial charge in [0.05, 0.1) is 16.5 Å². The number of nitrogens with zero attached hydrogens (tertiary/aromatic N) is 1. The Labute approximate surface area is 208 Å². The Hall–Kier alpha value is -2.86. The molecule has 8 nitrogen and oxygen atoms in total. The van der Waals surface area contributed by atoms with Gasteiger partial charge < -0.3 is 5.32 Å². The Morgan fingerprint density at radius 2 is 1.79 bits per heavy atom. The number of thioether (sulfide) groups is 1. The molecule has 0 atom stereocenters. The van der Waals surface area contributed by atoms with Crippen LogP contribution in [-0.4, -0.2) is 26.3 Å². The first-order valence-corrected chi connectivity index (χ1v) is 12.4. The number of imide groups is 1. The molecule has 2 aromatic rings. The van der Waals surface area contributed by atoms with Gasteiger partial charge in [-0.1, -0.05) is 47.6 Å². The van der Waals surface area contributed by atoms with Crippen molar-refractivity contribution in [2.24, 2.45) is 0 Å². The highest BCUT2D eigenvalue weighted by molar-refractivity contribution is 8.21. The van der Waals surface area contributed by atoms with Gasteiger partial charge in [-0.15, -0.1) is 0 Å². The van der Waals surface area contributed by atoms with E-state index in [1.807, 2.05) is 0 Å². The van der Waals surface area contributed by atoms with Crippen LogP contribution in [0, 0.1) is 5.82 Å². The van der Waals surface area contributed by atoms with Gasteiger partial charge in [0.1, 0.15) is 10.1 Å². The maximum absolute atomic E-state index is 13.6. The molecule has 3 rings (SSSR count). The first-order valence-electron chi connectivity index (χ1n) is 9.37. The van der Waals surface area contributed by atoms with E-state index in [1.54, 1.807) is 4.72 Å². The largest absolute Gasteiger partial charge is 0.333 e. The minimum Gasteiger partial charge on any atom is -0.307 e. The number of allylic oxidation sites excluding steroid dienone is 1. The SMILES string of the molecule is C=C(S/C(Cl)=C(\C)Cl)S(=O)(=O)NC(=O)Nc1ccc(N2C(=O)Cc3ccc(F)cc3C2=O)cc1. The average molecular weight is 544 g/mol. The molecule has 0 aliphatic carbocycles. The number of fused-ring (bicyclic) bond motifs is 1. The number of halogens is 3. The molecule has 178 valence electrons. The summed E-state index contributed by atoms with van der Waals surface area (Å²) < 4.78 is 39.3. The Bertz CT molecular complexity index is 1340. The second-order valence-electron chi connectivity index (χ2n) is 6.90. The number of nitrogens with one attached hydrogen (secondary N) is 2. The monoisotopic (exact) mass is 543 g/mol. The molecular formula is C21H16Cl2FN3O5S2. The van der Waals surface area contributed by atoms with Crippen molar-refractivity contribution in [3.05, 3.63) is 79.6 Å². The van der Waals surface area contributed by atoms with Gasteiger partial charge in [0, 0.05) is 16.3 Å². The van der Waals surface area contributed by atoms with Crippen LogP contribution in [0.25, 0.3) is 0 Å². The van der Waals surface area contributed by atoms with Crippen molar-refractivity contribution in [3.8, 4) is 0 Å². The molecule has 1 aliphatic heterocycles. The summed E-state index contributed by atoms with van der Waals surface area (Å²) in [6.45, 7) is 4.83. The van der Waals surface area contributed by atoms with Gasteiger partial charge in [0.15, 0.2) is 0 Å². The summed E-state index contributed by atoms with van der Waals surface area (Å²) in [5, 5.41) is 2.48. The number of hydrogen-bond donors (Lipinski definition) is 2. The molecule has 0 unspecified atom stereocenters. The molecule has 0 radical (unpaired) electrons. The zero-order valence-corrected chi connectivity index (χ0v) is 20.5. The van der Waals surface area contributed by atoms with Crippen LogP contribution in [0.2, 0.25) is 0 Å². The molecule has 0 spiro atoms. The lowest BCUT2D eigenvalue weighted by Gasteiger charge is -2.27. The zero-order chi connectivity index (χ0) is 25.2. The van der Waals surface area contributed by atoms with Crippen LogP contribution in [0.3, 0.4) is 0 Å². The van der Waals surface area contributed by atoms with E-state index < -0.39 is 37.9 Å². The van der Waals surface area contributed by atoms with Crippen LogP contribution < -0.4 is 14.9 Å². The highest BCUT2D eigenvalue weighted by atomic mass is 35.5. The fourth-order valence-corrected chi connectivity index (χ4v) is 4.99. The molecule has 0 saturated carbocycles. The Morgan fingerprint density at radius 3 is 2.41 bits per heavy atom. The molecular weight excluding hydrogens is 528 g/mol. The predicted octanol–water partition coefficient (Wildman–Crippen LogP) is 4.88. The lowest BCUT2D eigenvalue weighted by atomic mass is 9.97. The third-order valence-electron chi connectivity index (χ3n) is 4.48. The topological polar surface area (TPSA) is 113 Å². The summed E-state index contributed by atoms with van der Waals surface area (Å²) >= 11 is 12.1. The minimum atomic E-state index is -4.28. The molecule has 0 bridgehead atoms. The lowest BCUT2D eigenvalue weighted by molar-refractivity contribution is -0.117. The third kappa shape index (κ3) is 5.79. The number of carbonyl (C=O) groups excluding carboxylic acids is 3. The van der Waals surface area contributed by atoms with Crippen molar-refractivity contribution >= 4 is 74.2 Å². The first kappa shape index (κ1) is 25.8. The number of urea groups is 1. The number of carbonyl (C=O) groups is 3. The molecule has 1 heterocycles. The lowest BCUT2D eigenvalue weighted by Crippen LogP contribution is -2.42. The predicted molar refractivity (Wildman–Crippen MR) is 131 cm³/mol. The van der Waals surface area contributed by atoms with Crippen molar-refractivity contribution in [1.82, 2.24) is 4.72 Å². The van der Waals surface area contributed by atoms with Gasteiger partial charge in [-0.05, 0) is 48.9 Å². The van der Waals surface area contributed by atoms with Gasteiger partial charge in [0.2, 0.25) is 5.91 Å². The van der Waals surface area contributed by atoms with Gasteiger partial charge in [-0.2, -0.15) is 0 Å². The smallest absolute Gasteiger partial charge is 0.307 e. The zero-order valence-electron chi connectivity index (χ0n) is 17.4. The normalized spacial score (nSPS) is 14.3. The second kappa shape index (κ2) is 10.2. The molecule has 0 fully saturated rings. The average Bonchev–Trinajstić information content (AvgIpc) is 2.75. The van der Waals surface area contributed by atoms with Gasteiger partial charge in [-0.25, -0.2) is 27.2 Å². The standard InChI is InChI=1S/C21H16Cl2FN3O5S2/c1-11(22)19(23)33-12(2)34(31,32)26-21(30)25-15-5-7-16(8-6-15)27-18(28)9-13-3-4-14(24)10-17(13)20(27)29/h3-8,10H,2,9H2,1H3,(H2,25,26,30)/b19-11+. The summed E-state index contributed by atoms with van der Waals surface area (Å²) in [5.74, 6) is -1.77. The van der Waals surface area contributed by atoms with Crippen molar-refractivity contribution < 1.29 is 27.2 Å². The van der Waals surface area contributed by atoms with E-state index in [2.05, 4.69) is 11.9 Å².